The Morgan fingerprint density at radius 3 is 2.88 bits per heavy atom. The third-order valence-corrected chi connectivity index (χ3v) is 3.89. The zero-order valence-corrected chi connectivity index (χ0v) is 14.1. The fraction of sp³-hybridized carbons (Fsp3) is 0.278. The number of hydrogen-bond donors (Lipinski definition) is 3. The van der Waals surface area contributed by atoms with Gasteiger partial charge in [-0.15, -0.1) is 0 Å². The summed E-state index contributed by atoms with van der Waals surface area (Å²) < 4.78 is 5.27. The van der Waals surface area contributed by atoms with E-state index in [1.165, 1.54) is 0 Å². The predicted octanol–water partition coefficient (Wildman–Crippen LogP) is 2.13. The van der Waals surface area contributed by atoms with Crippen LogP contribution >= 0.6 is 0 Å². The number of ether oxygens (including phenoxy) is 1. The first-order valence-electron chi connectivity index (χ1n) is 8.18. The van der Waals surface area contributed by atoms with E-state index in [4.69, 9.17) is 4.74 Å². The van der Waals surface area contributed by atoms with Crippen molar-refractivity contribution in [2.45, 2.75) is 12.8 Å². The standard InChI is InChI=1S/C18H21N5O2/c1-25-14-3-4-16-15(11-14)13(12-23-16)5-9-19-17(24)6-10-22-18-20-7-2-8-21-18/h2-4,7-8,11-12,23H,5-6,9-10H2,1H3,(H,19,24)(H,20,21,22). The van der Waals surface area contributed by atoms with Crippen LogP contribution in [0.3, 0.4) is 0 Å². The zero-order valence-electron chi connectivity index (χ0n) is 14.1. The van der Waals surface area contributed by atoms with Crippen LogP contribution in [-0.2, 0) is 11.2 Å². The Bertz CT molecular complexity index is 832. The van der Waals surface area contributed by atoms with Crippen molar-refractivity contribution in [2.24, 2.45) is 0 Å². The van der Waals surface area contributed by atoms with Gasteiger partial charge in [-0.3, -0.25) is 4.79 Å². The van der Waals surface area contributed by atoms with E-state index in [1.807, 2.05) is 24.4 Å². The molecule has 130 valence electrons. The first-order valence-corrected chi connectivity index (χ1v) is 8.18. The molecule has 0 radical (unpaired) electrons. The van der Waals surface area contributed by atoms with Gasteiger partial charge in [0.15, 0.2) is 0 Å². The fourth-order valence-corrected chi connectivity index (χ4v) is 2.59. The molecule has 1 amide bonds. The Morgan fingerprint density at radius 2 is 2.08 bits per heavy atom. The minimum atomic E-state index is 0.000790. The Kier molecular flexibility index (Phi) is 5.46. The number of aromatic nitrogens is 3. The van der Waals surface area contributed by atoms with Crippen LogP contribution in [-0.4, -0.2) is 41.1 Å². The Labute approximate surface area is 145 Å². The number of rotatable bonds is 8. The summed E-state index contributed by atoms with van der Waals surface area (Å²) >= 11 is 0. The van der Waals surface area contributed by atoms with Crippen LogP contribution in [0.25, 0.3) is 10.9 Å². The summed E-state index contributed by atoms with van der Waals surface area (Å²) in [5.74, 6) is 1.36. The van der Waals surface area contributed by atoms with Gasteiger partial charge in [0.2, 0.25) is 11.9 Å². The lowest BCUT2D eigenvalue weighted by atomic mass is 10.1. The summed E-state index contributed by atoms with van der Waals surface area (Å²) in [5.41, 5.74) is 2.22. The molecule has 0 unspecified atom stereocenters. The van der Waals surface area contributed by atoms with Crippen molar-refractivity contribution in [2.75, 3.05) is 25.5 Å². The maximum absolute atomic E-state index is 11.9. The van der Waals surface area contributed by atoms with E-state index < -0.39 is 0 Å². The fourth-order valence-electron chi connectivity index (χ4n) is 2.59. The smallest absolute Gasteiger partial charge is 0.222 e. The Morgan fingerprint density at radius 1 is 1.24 bits per heavy atom. The molecule has 7 heteroatoms. The van der Waals surface area contributed by atoms with Crippen molar-refractivity contribution in [3.63, 3.8) is 0 Å². The van der Waals surface area contributed by atoms with Crippen molar-refractivity contribution in [3.8, 4) is 5.75 Å². The van der Waals surface area contributed by atoms with Gasteiger partial charge >= 0.3 is 0 Å². The monoisotopic (exact) mass is 339 g/mol. The molecule has 0 bridgehead atoms. The van der Waals surface area contributed by atoms with E-state index in [1.54, 1.807) is 25.6 Å². The number of hydrogen-bond acceptors (Lipinski definition) is 5. The zero-order chi connectivity index (χ0) is 17.5. The molecule has 7 nitrogen and oxygen atoms in total. The number of benzene rings is 1. The minimum absolute atomic E-state index is 0.000790. The summed E-state index contributed by atoms with van der Waals surface area (Å²) in [4.78, 5) is 23.2. The van der Waals surface area contributed by atoms with E-state index in [0.29, 0.717) is 25.5 Å². The molecule has 1 aromatic carbocycles. The second-order valence-electron chi connectivity index (χ2n) is 5.57. The van der Waals surface area contributed by atoms with Gasteiger partial charge in [0.05, 0.1) is 7.11 Å². The highest BCUT2D eigenvalue weighted by atomic mass is 16.5. The number of carbonyl (C=O) groups excluding carboxylic acids is 1. The summed E-state index contributed by atoms with van der Waals surface area (Å²) in [6.07, 6.45) is 6.43. The van der Waals surface area contributed by atoms with Crippen LogP contribution in [0.15, 0.2) is 42.9 Å². The molecule has 0 saturated heterocycles. The molecule has 0 fully saturated rings. The van der Waals surface area contributed by atoms with Crippen molar-refractivity contribution in [1.29, 1.82) is 0 Å². The van der Waals surface area contributed by atoms with Crippen LogP contribution in [0, 0.1) is 0 Å². The lowest BCUT2D eigenvalue weighted by Crippen LogP contribution is -2.27. The van der Waals surface area contributed by atoms with Gasteiger partial charge in [-0.25, -0.2) is 9.97 Å². The van der Waals surface area contributed by atoms with Gasteiger partial charge < -0.3 is 20.4 Å². The summed E-state index contributed by atoms with van der Waals surface area (Å²) in [6.45, 7) is 1.09. The summed E-state index contributed by atoms with van der Waals surface area (Å²) in [5, 5.41) is 7.07. The minimum Gasteiger partial charge on any atom is -0.497 e. The second kappa shape index (κ2) is 8.14. The van der Waals surface area contributed by atoms with E-state index in [-0.39, 0.29) is 5.91 Å². The maximum atomic E-state index is 11.9. The number of amides is 1. The first-order chi connectivity index (χ1) is 12.3. The number of nitrogens with zero attached hydrogens (tertiary/aromatic N) is 2. The topological polar surface area (TPSA) is 91.9 Å². The molecule has 25 heavy (non-hydrogen) atoms. The van der Waals surface area contributed by atoms with Gasteiger partial charge in [0, 0.05) is 49.0 Å². The van der Waals surface area contributed by atoms with Crippen LogP contribution in [0.2, 0.25) is 0 Å². The van der Waals surface area contributed by atoms with Gasteiger partial charge in [-0.1, -0.05) is 0 Å². The number of methoxy groups -OCH3 is 1. The summed E-state index contributed by atoms with van der Waals surface area (Å²) in [7, 11) is 1.65. The quantitative estimate of drug-likeness (QED) is 0.585. The average molecular weight is 339 g/mol. The maximum Gasteiger partial charge on any atom is 0.222 e. The highest BCUT2D eigenvalue weighted by Gasteiger charge is 2.06. The predicted molar refractivity (Wildman–Crippen MR) is 96.7 cm³/mol. The number of carbonyl (C=O) groups is 1. The van der Waals surface area contributed by atoms with Gasteiger partial charge in [0.1, 0.15) is 5.75 Å². The summed E-state index contributed by atoms with van der Waals surface area (Å²) in [6, 6.07) is 7.67. The Balaban J connectivity index is 1.44. The number of anilines is 1. The third-order valence-electron chi connectivity index (χ3n) is 3.89. The molecule has 3 N–H and O–H groups in total. The molecule has 3 rings (SSSR count). The number of nitrogens with one attached hydrogen (secondary N) is 3. The van der Waals surface area contributed by atoms with Crippen LogP contribution in [0.5, 0.6) is 5.75 Å². The molecule has 0 saturated carbocycles. The van der Waals surface area contributed by atoms with Crippen LogP contribution < -0.4 is 15.4 Å². The van der Waals surface area contributed by atoms with E-state index in [9.17, 15) is 4.79 Å². The second-order valence-corrected chi connectivity index (χ2v) is 5.57. The molecule has 2 aromatic heterocycles. The van der Waals surface area contributed by atoms with Gasteiger partial charge in [-0.05, 0) is 36.2 Å². The molecule has 0 atom stereocenters. The molecule has 0 aliphatic rings. The Hall–Kier alpha value is -3.09. The highest BCUT2D eigenvalue weighted by molar-refractivity contribution is 5.84. The number of fused-ring (bicyclic) bond motifs is 1. The molecule has 0 aliphatic carbocycles. The SMILES string of the molecule is COc1ccc2[nH]cc(CCNC(=O)CCNc3ncccn3)c2c1. The van der Waals surface area contributed by atoms with E-state index in [0.717, 1.165) is 28.6 Å². The normalized spacial score (nSPS) is 10.6. The van der Waals surface area contributed by atoms with Crippen LogP contribution in [0.4, 0.5) is 5.95 Å². The largest absolute Gasteiger partial charge is 0.497 e. The third kappa shape index (κ3) is 4.47. The van der Waals surface area contributed by atoms with E-state index >= 15 is 0 Å². The molecular formula is C18H21N5O2. The molecule has 0 aliphatic heterocycles. The molecule has 2 heterocycles. The van der Waals surface area contributed by atoms with Gasteiger partial charge in [0.25, 0.3) is 0 Å². The lowest BCUT2D eigenvalue weighted by molar-refractivity contribution is -0.120. The molecular weight excluding hydrogens is 318 g/mol. The van der Waals surface area contributed by atoms with E-state index in [2.05, 4.69) is 25.6 Å². The highest BCUT2D eigenvalue weighted by Crippen LogP contribution is 2.23. The molecule has 3 aromatic rings. The molecule has 0 spiro atoms. The number of aromatic amines is 1. The van der Waals surface area contributed by atoms with Crippen molar-refractivity contribution in [3.05, 3.63) is 48.4 Å². The van der Waals surface area contributed by atoms with Gasteiger partial charge in [-0.2, -0.15) is 0 Å². The number of H-pyrrole nitrogens is 1. The van der Waals surface area contributed by atoms with Crippen molar-refractivity contribution < 1.29 is 9.53 Å². The van der Waals surface area contributed by atoms with Crippen molar-refractivity contribution in [1.82, 2.24) is 20.3 Å². The average Bonchev–Trinajstić information content (AvgIpc) is 3.05. The van der Waals surface area contributed by atoms with Crippen LogP contribution in [0.1, 0.15) is 12.0 Å². The lowest BCUT2D eigenvalue weighted by Gasteiger charge is -2.06. The van der Waals surface area contributed by atoms with Crippen molar-refractivity contribution >= 4 is 22.8 Å². The first kappa shape index (κ1) is 16.8.